The number of hydrogen-bond donors (Lipinski definition) is 1. The molecule has 0 amide bonds. The van der Waals surface area contributed by atoms with Gasteiger partial charge in [-0.2, -0.15) is 0 Å². The minimum atomic E-state index is 0.775. The Kier molecular flexibility index (Phi) is 3.24. The number of rotatable bonds is 2. The molecular weight excluding hydrogens is 204 g/mol. The molecule has 2 rings (SSSR count). The number of aryl methyl sites for hydroxylation is 1. The minimum absolute atomic E-state index is 0.775. The first-order chi connectivity index (χ1) is 7.72. The zero-order chi connectivity index (χ0) is 11.5. The van der Waals surface area contributed by atoms with Crippen molar-refractivity contribution in [1.82, 2.24) is 9.97 Å². The Morgan fingerprint density at radius 2 is 1.88 bits per heavy atom. The van der Waals surface area contributed by atoms with Crippen molar-refractivity contribution in [2.24, 2.45) is 0 Å². The van der Waals surface area contributed by atoms with Gasteiger partial charge in [0, 0.05) is 25.7 Å². The fourth-order valence-electron chi connectivity index (χ4n) is 1.94. The van der Waals surface area contributed by atoms with Gasteiger partial charge in [0.15, 0.2) is 0 Å². The number of aromatic nitrogens is 2. The fraction of sp³-hybridized carbons (Fsp3) is 0.636. The standard InChI is InChI=1S/C11H18N4O/c1-8-10(12-3)13-9(2)14-11(8)15-4-6-16-7-5-15/h4-7H2,1-3H3,(H,12,13,14). The van der Waals surface area contributed by atoms with Crippen molar-refractivity contribution in [2.45, 2.75) is 13.8 Å². The highest BCUT2D eigenvalue weighted by Crippen LogP contribution is 2.23. The smallest absolute Gasteiger partial charge is 0.137 e. The molecule has 2 heterocycles. The summed E-state index contributed by atoms with van der Waals surface area (Å²) in [7, 11) is 1.89. The zero-order valence-electron chi connectivity index (χ0n) is 10.1. The lowest BCUT2D eigenvalue weighted by atomic mass is 10.2. The minimum Gasteiger partial charge on any atom is -0.378 e. The summed E-state index contributed by atoms with van der Waals surface area (Å²) in [5.74, 6) is 2.74. The van der Waals surface area contributed by atoms with Gasteiger partial charge in [-0.25, -0.2) is 9.97 Å². The van der Waals surface area contributed by atoms with Crippen molar-refractivity contribution in [1.29, 1.82) is 0 Å². The van der Waals surface area contributed by atoms with Gasteiger partial charge in [-0.1, -0.05) is 0 Å². The lowest BCUT2D eigenvalue weighted by molar-refractivity contribution is 0.122. The molecule has 1 aliphatic rings. The van der Waals surface area contributed by atoms with Crippen LogP contribution in [-0.2, 0) is 4.74 Å². The van der Waals surface area contributed by atoms with E-state index in [2.05, 4.69) is 27.1 Å². The average Bonchev–Trinajstić information content (AvgIpc) is 2.33. The molecule has 0 saturated carbocycles. The van der Waals surface area contributed by atoms with Crippen LogP contribution in [0.15, 0.2) is 0 Å². The molecule has 16 heavy (non-hydrogen) atoms. The van der Waals surface area contributed by atoms with Crippen molar-refractivity contribution in [3.8, 4) is 0 Å². The lowest BCUT2D eigenvalue weighted by Gasteiger charge is -2.29. The summed E-state index contributed by atoms with van der Waals surface area (Å²) in [6.07, 6.45) is 0. The SMILES string of the molecule is CNc1nc(C)nc(N2CCOCC2)c1C. The molecule has 1 aromatic rings. The molecule has 5 heteroatoms. The van der Waals surface area contributed by atoms with Gasteiger partial charge < -0.3 is 15.0 Å². The highest BCUT2D eigenvalue weighted by atomic mass is 16.5. The average molecular weight is 222 g/mol. The second-order valence-electron chi connectivity index (χ2n) is 3.92. The first-order valence-corrected chi connectivity index (χ1v) is 5.58. The summed E-state index contributed by atoms with van der Waals surface area (Å²) in [6.45, 7) is 7.33. The number of nitrogens with one attached hydrogen (secondary N) is 1. The van der Waals surface area contributed by atoms with E-state index in [9.17, 15) is 0 Å². The van der Waals surface area contributed by atoms with Crippen molar-refractivity contribution < 1.29 is 4.74 Å². The molecule has 0 aliphatic carbocycles. The second-order valence-corrected chi connectivity index (χ2v) is 3.92. The molecule has 88 valence electrons. The molecule has 0 radical (unpaired) electrons. The summed E-state index contributed by atoms with van der Waals surface area (Å²) in [5.41, 5.74) is 1.11. The summed E-state index contributed by atoms with van der Waals surface area (Å²) in [6, 6.07) is 0. The van der Waals surface area contributed by atoms with E-state index in [1.807, 2.05) is 14.0 Å². The Morgan fingerprint density at radius 1 is 1.19 bits per heavy atom. The van der Waals surface area contributed by atoms with Gasteiger partial charge in [0.25, 0.3) is 0 Å². The van der Waals surface area contributed by atoms with Crippen LogP contribution in [0.25, 0.3) is 0 Å². The van der Waals surface area contributed by atoms with Crippen molar-refractivity contribution in [3.63, 3.8) is 0 Å². The Labute approximate surface area is 95.8 Å². The van der Waals surface area contributed by atoms with Crippen LogP contribution in [0.5, 0.6) is 0 Å². The molecule has 0 aromatic carbocycles. The maximum Gasteiger partial charge on any atom is 0.137 e. The second kappa shape index (κ2) is 4.65. The molecule has 1 aromatic heterocycles. The van der Waals surface area contributed by atoms with Crippen LogP contribution < -0.4 is 10.2 Å². The van der Waals surface area contributed by atoms with E-state index in [-0.39, 0.29) is 0 Å². The van der Waals surface area contributed by atoms with E-state index in [0.29, 0.717) is 0 Å². The van der Waals surface area contributed by atoms with Gasteiger partial charge in [-0.05, 0) is 13.8 Å². The molecule has 1 fully saturated rings. The highest BCUT2D eigenvalue weighted by molar-refractivity contribution is 5.58. The highest BCUT2D eigenvalue weighted by Gasteiger charge is 2.17. The molecule has 1 saturated heterocycles. The largest absolute Gasteiger partial charge is 0.378 e. The number of anilines is 2. The van der Waals surface area contributed by atoms with E-state index in [0.717, 1.165) is 49.3 Å². The van der Waals surface area contributed by atoms with E-state index >= 15 is 0 Å². The van der Waals surface area contributed by atoms with Crippen LogP contribution in [-0.4, -0.2) is 43.3 Å². The maximum absolute atomic E-state index is 5.35. The Balaban J connectivity index is 2.34. The first-order valence-electron chi connectivity index (χ1n) is 5.58. The van der Waals surface area contributed by atoms with Crippen LogP contribution in [0.4, 0.5) is 11.6 Å². The maximum atomic E-state index is 5.35. The Morgan fingerprint density at radius 3 is 2.50 bits per heavy atom. The van der Waals surface area contributed by atoms with Gasteiger partial charge in [-0.3, -0.25) is 0 Å². The van der Waals surface area contributed by atoms with E-state index < -0.39 is 0 Å². The lowest BCUT2D eigenvalue weighted by Crippen LogP contribution is -2.37. The molecule has 0 unspecified atom stereocenters. The summed E-state index contributed by atoms with van der Waals surface area (Å²) < 4.78 is 5.35. The van der Waals surface area contributed by atoms with Crippen LogP contribution in [0.1, 0.15) is 11.4 Å². The van der Waals surface area contributed by atoms with Crippen LogP contribution in [0.3, 0.4) is 0 Å². The van der Waals surface area contributed by atoms with Crippen LogP contribution in [0, 0.1) is 13.8 Å². The topological polar surface area (TPSA) is 50.3 Å². The number of nitrogens with zero attached hydrogens (tertiary/aromatic N) is 3. The fourth-order valence-corrected chi connectivity index (χ4v) is 1.94. The third-order valence-electron chi connectivity index (χ3n) is 2.78. The predicted molar refractivity (Wildman–Crippen MR) is 64.1 cm³/mol. The number of morpholine rings is 1. The molecule has 0 spiro atoms. The molecule has 0 bridgehead atoms. The van der Waals surface area contributed by atoms with Gasteiger partial charge >= 0.3 is 0 Å². The summed E-state index contributed by atoms with van der Waals surface area (Å²) in [4.78, 5) is 11.1. The van der Waals surface area contributed by atoms with Crippen molar-refractivity contribution in [2.75, 3.05) is 43.6 Å². The van der Waals surface area contributed by atoms with Gasteiger partial charge in [-0.15, -0.1) is 0 Å². The van der Waals surface area contributed by atoms with Crippen LogP contribution >= 0.6 is 0 Å². The molecule has 0 atom stereocenters. The Hall–Kier alpha value is -1.36. The molecule has 1 N–H and O–H groups in total. The number of hydrogen-bond acceptors (Lipinski definition) is 5. The van der Waals surface area contributed by atoms with Crippen molar-refractivity contribution in [3.05, 3.63) is 11.4 Å². The van der Waals surface area contributed by atoms with Gasteiger partial charge in [0.05, 0.1) is 13.2 Å². The Bertz CT molecular complexity index is 374. The summed E-state index contributed by atoms with van der Waals surface area (Å²) in [5, 5.41) is 3.11. The third-order valence-corrected chi connectivity index (χ3v) is 2.78. The number of ether oxygens (including phenoxy) is 1. The van der Waals surface area contributed by atoms with Crippen LogP contribution in [0.2, 0.25) is 0 Å². The van der Waals surface area contributed by atoms with Gasteiger partial charge in [0.2, 0.25) is 0 Å². The first kappa shape index (κ1) is 11.1. The van der Waals surface area contributed by atoms with Crippen molar-refractivity contribution >= 4 is 11.6 Å². The zero-order valence-corrected chi connectivity index (χ0v) is 10.1. The normalized spacial score (nSPS) is 16.3. The summed E-state index contributed by atoms with van der Waals surface area (Å²) >= 11 is 0. The molecular formula is C11H18N4O. The molecule has 1 aliphatic heterocycles. The molecule has 5 nitrogen and oxygen atoms in total. The van der Waals surface area contributed by atoms with E-state index in [1.54, 1.807) is 0 Å². The monoisotopic (exact) mass is 222 g/mol. The van der Waals surface area contributed by atoms with Gasteiger partial charge in [0.1, 0.15) is 17.5 Å². The quantitative estimate of drug-likeness (QED) is 0.808. The third kappa shape index (κ3) is 2.09. The predicted octanol–water partition coefficient (Wildman–Crippen LogP) is 0.972. The van der Waals surface area contributed by atoms with E-state index in [1.165, 1.54) is 0 Å². The van der Waals surface area contributed by atoms with E-state index in [4.69, 9.17) is 4.74 Å².